The molecule has 21 heavy (non-hydrogen) atoms. The van der Waals surface area contributed by atoms with E-state index in [0.717, 1.165) is 0 Å². The van der Waals surface area contributed by atoms with E-state index in [-0.39, 0.29) is 0 Å². The lowest BCUT2D eigenvalue weighted by Crippen LogP contribution is -1.99. The fraction of sp³-hybridized carbons (Fsp3) is 0.188. The highest BCUT2D eigenvalue weighted by Gasteiger charge is 2.11. The van der Waals surface area contributed by atoms with Crippen LogP contribution in [0, 0.1) is 11.3 Å². The first-order valence-corrected chi connectivity index (χ1v) is 6.46. The van der Waals surface area contributed by atoms with Crippen LogP contribution in [0.15, 0.2) is 36.4 Å². The lowest BCUT2D eigenvalue weighted by molar-refractivity contribution is 0.339. The van der Waals surface area contributed by atoms with Crippen molar-refractivity contribution in [2.75, 3.05) is 19.5 Å². The fourth-order valence-electron chi connectivity index (χ4n) is 1.83. The Bertz CT molecular complexity index is 678. The SMILES string of the molecule is CCOc1cccc(Oc2ccc(C#N)cc2OC)c1N. The number of nitriles is 1. The third-order valence-corrected chi connectivity index (χ3v) is 2.84. The van der Waals surface area contributed by atoms with E-state index in [1.54, 1.807) is 36.4 Å². The molecule has 0 saturated carbocycles. The van der Waals surface area contributed by atoms with Gasteiger partial charge in [-0.1, -0.05) is 6.07 Å². The van der Waals surface area contributed by atoms with Gasteiger partial charge in [0, 0.05) is 6.07 Å². The van der Waals surface area contributed by atoms with Gasteiger partial charge in [0.25, 0.3) is 0 Å². The molecule has 0 aliphatic rings. The highest BCUT2D eigenvalue weighted by Crippen LogP contribution is 2.38. The van der Waals surface area contributed by atoms with Gasteiger partial charge in [0.15, 0.2) is 17.2 Å². The number of hydrogen-bond acceptors (Lipinski definition) is 5. The van der Waals surface area contributed by atoms with Crippen LogP contribution in [0.3, 0.4) is 0 Å². The molecule has 0 aliphatic heterocycles. The molecule has 0 unspecified atom stereocenters. The van der Waals surface area contributed by atoms with Crippen molar-refractivity contribution in [1.29, 1.82) is 5.26 Å². The van der Waals surface area contributed by atoms with Crippen LogP contribution in [0.25, 0.3) is 0 Å². The summed E-state index contributed by atoms with van der Waals surface area (Å²) in [4.78, 5) is 0. The van der Waals surface area contributed by atoms with Crippen molar-refractivity contribution in [3.05, 3.63) is 42.0 Å². The summed E-state index contributed by atoms with van der Waals surface area (Å²) in [5.41, 5.74) is 6.94. The van der Waals surface area contributed by atoms with Crippen LogP contribution >= 0.6 is 0 Å². The van der Waals surface area contributed by atoms with Gasteiger partial charge in [-0.2, -0.15) is 5.26 Å². The zero-order valence-electron chi connectivity index (χ0n) is 11.9. The normalized spacial score (nSPS) is 9.76. The van der Waals surface area contributed by atoms with Crippen LogP contribution in [-0.2, 0) is 0 Å². The monoisotopic (exact) mass is 284 g/mol. The Balaban J connectivity index is 2.34. The van der Waals surface area contributed by atoms with E-state index in [1.165, 1.54) is 7.11 Å². The highest BCUT2D eigenvalue weighted by atomic mass is 16.5. The molecule has 2 rings (SSSR count). The molecular formula is C16H16N2O3. The van der Waals surface area contributed by atoms with Gasteiger partial charge in [-0.3, -0.25) is 0 Å². The van der Waals surface area contributed by atoms with Crippen molar-refractivity contribution in [2.45, 2.75) is 6.92 Å². The average Bonchev–Trinajstić information content (AvgIpc) is 2.51. The van der Waals surface area contributed by atoms with Gasteiger partial charge in [-0.05, 0) is 31.2 Å². The number of nitrogen functional groups attached to an aromatic ring is 1. The number of anilines is 1. The smallest absolute Gasteiger partial charge is 0.169 e. The first kappa shape index (κ1) is 14.5. The molecule has 0 saturated heterocycles. The largest absolute Gasteiger partial charge is 0.493 e. The molecular weight excluding hydrogens is 268 g/mol. The van der Waals surface area contributed by atoms with Crippen LogP contribution in [0.2, 0.25) is 0 Å². The second kappa shape index (κ2) is 6.53. The van der Waals surface area contributed by atoms with E-state index in [4.69, 9.17) is 25.2 Å². The zero-order chi connectivity index (χ0) is 15.2. The third kappa shape index (κ3) is 3.18. The summed E-state index contributed by atoms with van der Waals surface area (Å²) in [7, 11) is 1.52. The van der Waals surface area contributed by atoms with E-state index < -0.39 is 0 Å². The quantitative estimate of drug-likeness (QED) is 0.852. The first-order chi connectivity index (χ1) is 10.2. The van der Waals surface area contributed by atoms with E-state index in [2.05, 4.69) is 0 Å². The Morgan fingerprint density at radius 1 is 1.10 bits per heavy atom. The summed E-state index contributed by atoms with van der Waals surface area (Å²) in [6, 6.07) is 12.3. The van der Waals surface area contributed by atoms with Gasteiger partial charge >= 0.3 is 0 Å². The molecule has 0 heterocycles. The van der Waals surface area contributed by atoms with Crippen LogP contribution in [-0.4, -0.2) is 13.7 Å². The molecule has 0 radical (unpaired) electrons. The predicted octanol–water partition coefficient (Wildman–Crippen LogP) is 3.34. The topological polar surface area (TPSA) is 77.5 Å². The number of benzene rings is 2. The highest BCUT2D eigenvalue weighted by molar-refractivity contribution is 5.64. The third-order valence-electron chi connectivity index (χ3n) is 2.84. The summed E-state index contributed by atoms with van der Waals surface area (Å²) >= 11 is 0. The molecule has 0 aromatic heterocycles. The molecule has 0 amide bonds. The van der Waals surface area contributed by atoms with Crippen molar-refractivity contribution in [2.24, 2.45) is 0 Å². The van der Waals surface area contributed by atoms with E-state index in [0.29, 0.717) is 40.9 Å². The minimum absolute atomic E-state index is 0.422. The van der Waals surface area contributed by atoms with Crippen LogP contribution in [0.5, 0.6) is 23.0 Å². The van der Waals surface area contributed by atoms with Crippen molar-refractivity contribution in [1.82, 2.24) is 0 Å². The van der Waals surface area contributed by atoms with Crippen LogP contribution < -0.4 is 19.9 Å². The minimum atomic E-state index is 0.422. The Kier molecular flexibility index (Phi) is 4.52. The standard InChI is InChI=1S/C16H16N2O3/c1-3-20-13-5-4-6-14(16(13)18)21-12-8-7-11(10-17)9-15(12)19-2/h4-9H,3,18H2,1-2H3. The van der Waals surface area contributed by atoms with Gasteiger partial charge in [-0.15, -0.1) is 0 Å². The molecule has 0 aliphatic carbocycles. The number of rotatable bonds is 5. The van der Waals surface area contributed by atoms with Gasteiger partial charge in [0.05, 0.1) is 25.3 Å². The molecule has 5 nitrogen and oxygen atoms in total. The summed E-state index contributed by atoms with van der Waals surface area (Å²) in [6.45, 7) is 2.41. The molecule has 2 aromatic rings. The van der Waals surface area contributed by atoms with Gasteiger partial charge in [0.2, 0.25) is 0 Å². The fourth-order valence-corrected chi connectivity index (χ4v) is 1.83. The number of nitrogens with two attached hydrogens (primary N) is 1. The number of para-hydroxylation sites is 1. The van der Waals surface area contributed by atoms with Crippen LogP contribution in [0.1, 0.15) is 12.5 Å². The second-order valence-corrected chi connectivity index (χ2v) is 4.18. The average molecular weight is 284 g/mol. The number of hydrogen-bond donors (Lipinski definition) is 1. The van der Waals surface area contributed by atoms with E-state index in [1.807, 2.05) is 13.0 Å². The Hall–Kier alpha value is -2.87. The van der Waals surface area contributed by atoms with E-state index in [9.17, 15) is 0 Å². The Labute approximate surface area is 123 Å². The molecule has 2 aromatic carbocycles. The minimum Gasteiger partial charge on any atom is -0.493 e. The first-order valence-electron chi connectivity index (χ1n) is 6.46. The molecule has 5 heteroatoms. The van der Waals surface area contributed by atoms with Crippen molar-refractivity contribution >= 4 is 5.69 Å². The second-order valence-electron chi connectivity index (χ2n) is 4.18. The molecule has 0 bridgehead atoms. The maximum absolute atomic E-state index is 8.89. The predicted molar refractivity (Wildman–Crippen MR) is 79.8 cm³/mol. The van der Waals surface area contributed by atoms with Crippen molar-refractivity contribution < 1.29 is 14.2 Å². The lowest BCUT2D eigenvalue weighted by Gasteiger charge is -2.14. The number of methoxy groups -OCH3 is 1. The Morgan fingerprint density at radius 3 is 2.52 bits per heavy atom. The summed E-state index contributed by atoms with van der Waals surface area (Å²) in [5, 5.41) is 8.89. The number of ether oxygens (including phenoxy) is 3. The maximum atomic E-state index is 8.89. The molecule has 0 fully saturated rings. The molecule has 2 N–H and O–H groups in total. The zero-order valence-corrected chi connectivity index (χ0v) is 11.9. The van der Waals surface area contributed by atoms with E-state index >= 15 is 0 Å². The lowest BCUT2D eigenvalue weighted by atomic mass is 10.2. The summed E-state index contributed by atoms with van der Waals surface area (Å²) in [5.74, 6) is 2.00. The molecule has 108 valence electrons. The Morgan fingerprint density at radius 2 is 1.86 bits per heavy atom. The summed E-state index contributed by atoms with van der Waals surface area (Å²) in [6.07, 6.45) is 0. The maximum Gasteiger partial charge on any atom is 0.169 e. The summed E-state index contributed by atoms with van der Waals surface area (Å²) < 4.78 is 16.4. The molecule has 0 spiro atoms. The van der Waals surface area contributed by atoms with Gasteiger partial charge in [0.1, 0.15) is 11.4 Å². The molecule has 0 atom stereocenters. The van der Waals surface area contributed by atoms with Gasteiger partial charge < -0.3 is 19.9 Å². The van der Waals surface area contributed by atoms with Crippen molar-refractivity contribution in [3.63, 3.8) is 0 Å². The van der Waals surface area contributed by atoms with Crippen molar-refractivity contribution in [3.8, 4) is 29.1 Å². The van der Waals surface area contributed by atoms with Crippen LogP contribution in [0.4, 0.5) is 5.69 Å². The number of nitrogens with zero attached hydrogens (tertiary/aromatic N) is 1. The van der Waals surface area contributed by atoms with Gasteiger partial charge in [-0.25, -0.2) is 0 Å².